The number of rotatable bonds is 7. The molecule has 37 heavy (non-hydrogen) atoms. The number of nitrogens with zero attached hydrogens (tertiary/aromatic N) is 3. The number of aryl methyl sites for hydroxylation is 1. The molecule has 5 rings (SSSR count). The first-order chi connectivity index (χ1) is 17.9. The van der Waals surface area contributed by atoms with Crippen molar-refractivity contribution in [1.29, 1.82) is 0 Å². The number of aromatic nitrogens is 1. The number of anilines is 1. The van der Waals surface area contributed by atoms with E-state index in [0.29, 0.717) is 10.3 Å². The van der Waals surface area contributed by atoms with E-state index in [1.54, 1.807) is 12.1 Å². The van der Waals surface area contributed by atoms with Gasteiger partial charge in [0.1, 0.15) is 6.54 Å². The van der Waals surface area contributed by atoms with Crippen LogP contribution in [0.3, 0.4) is 0 Å². The lowest BCUT2D eigenvalue weighted by atomic mass is 10.2. The van der Waals surface area contributed by atoms with Crippen LogP contribution in [0.25, 0.3) is 21.0 Å². The van der Waals surface area contributed by atoms with Gasteiger partial charge in [-0.2, -0.15) is 5.10 Å². The molecule has 2 aromatic heterocycles. The van der Waals surface area contributed by atoms with Gasteiger partial charge in [0.15, 0.2) is 0 Å². The van der Waals surface area contributed by atoms with Crippen LogP contribution in [0.5, 0.6) is 0 Å². The lowest BCUT2D eigenvalue weighted by Gasteiger charge is -2.08. The molecule has 2 N–H and O–H groups in total. The Labute approximate surface area is 215 Å². The first kappa shape index (κ1) is 23.9. The van der Waals surface area contributed by atoms with Crippen molar-refractivity contribution < 1.29 is 14.5 Å². The highest BCUT2D eigenvalue weighted by molar-refractivity contribution is 7.20. The van der Waals surface area contributed by atoms with Crippen molar-refractivity contribution in [2.45, 2.75) is 13.5 Å². The molecule has 0 fully saturated rings. The fourth-order valence-electron chi connectivity index (χ4n) is 4.06. The Morgan fingerprint density at radius 3 is 2.73 bits per heavy atom. The summed E-state index contributed by atoms with van der Waals surface area (Å²) in [5, 5.41) is 19.5. The third-order valence-electron chi connectivity index (χ3n) is 5.74. The molecule has 0 saturated carbocycles. The molecule has 0 saturated heterocycles. The maximum Gasteiger partial charge on any atom is 0.281 e. The van der Waals surface area contributed by atoms with Crippen LogP contribution in [0.2, 0.25) is 0 Å². The van der Waals surface area contributed by atoms with Crippen molar-refractivity contribution >= 4 is 61.7 Å². The number of para-hydroxylation sites is 1. The Kier molecular flexibility index (Phi) is 6.48. The molecule has 0 atom stereocenters. The Bertz CT molecular complexity index is 1700. The molecule has 0 aliphatic carbocycles. The van der Waals surface area contributed by atoms with E-state index >= 15 is 0 Å². The quantitative estimate of drug-likeness (QED) is 0.171. The van der Waals surface area contributed by atoms with Gasteiger partial charge in [-0.15, -0.1) is 11.3 Å². The van der Waals surface area contributed by atoms with Crippen molar-refractivity contribution in [2.24, 2.45) is 5.10 Å². The second-order valence-electron chi connectivity index (χ2n) is 8.44. The molecular weight excluding hydrogens is 490 g/mol. The molecule has 10 heteroatoms. The predicted octanol–water partition coefficient (Wildman–Crippen LogP) is 5.48. The van der Waals surface area contributed by atoms with Crippen LogP contribution >= 0.6 is 11.3 Å². The SMILES string of the molecule is Cc1cccc(NC(=O)Cn2cc(/C=N\NC(=O)c3cc4cc([N+](=O)[O-])ccc4s3)c3ccccc32)c1. The Hall–Kier alpha value is -4.83. The number of carbonyl (C=O) groups excluding carboxylic acids is 2. The maximum atomic E-state index is 12.7. The van der Waals surface area contributed by atoms with Crippen molar-refractivity contribution in [3.05, 3.63) is 105 Å². The average molecular weight is 512 g/mol. The summed E-state index contributed by atoms with van der Waals surface area (Å²) in [7, 11) is 0. The molecule has 9 nitrogen and oxygen atoms in total. The molecule has 0 spiro atoms. The predicted molar refractivity (Wildman–Crippen MR) is 145 cm³/mol. The summed E-state index contributed by atoms with van der Waals surface area (Å²) in [5.74, 6) is -0.575. The largest absolute Gasteiger partial charge is 0.337 e. The lowest BCUT2D eigenvalue weighted by molar-refractivity contribution is -0.384. The summed E-state index contributed by atoms with van der Waals surface area (Å²) in [4.78, 5) is 36.2. The second-order valence-corrected chi connectivity index (χ2v) is 9.52. The second kappa shape index (κ2) is 10.0. The Morgan fingerprint density at radius 1 is 1.08 bits per heavy atom. The maximum absolute atomic E-state index is 12.7. The molecule has 184 valence electrons. The summed E-state index contributed by atoms with van der Waals surface area (Å²) in [6.07, 6.45) is 3.35. The van der Waals surface area contributed by atoms with Gasteiger partial charge in [-0.05, 0) is 42.8 Å². The van der Waals surface area contributed by atoms with E-state index in [9.17, 15) is 19.7 Å². The molecule has 3 aromatic carbocycles. The summed E-state index contributed by atoms with van der Waals surface area (Å²) < 4.78 is 2.61. The van der Waals surface area contributed by atoms with Crippen LogP contribution in [-0.4, -0.2) is 27.5 Å². The Morgan fingerprint density at radius 2 is 1.92 bits per heavy atom. The molecule has 0 bridgehead atoms. The number of nitro benzene ring substituents is 1. The standard InChI is InChI=1S/C27H21N5O4S/c1-17-5-4-6-20(11-17)29-26(33)16-31-15-19(22-7-2-3-8-23(22)31)14-28-30-27(34)25-13-18-12-21(32(35)36)9-10-24(18)37-25/h2-15H,16H2,1H3,(H,29,33)(H,30,34)/b28-14-. The number of fused-ring (bicyclic) bond motifs is 2. The van der Waals surface area contributed by atoms with Crippen molar-refractivity contribution in [1.82, 2.24) is 9.99 Å². The van der Waals surface area contributed by atoms with Crippen molar-refractivity contribution in [3.63, 3.8) is 0 Å². The lowest BCUT2D eigenvalue weighted by Crippen LogP contribution is -2.18. The third kappa shape index (κ3) is 5.24. The van der Waals surface area contributed by atoms with Crippen LogP contribution in [0.15, 0.2) is 84.1 Å². The molecule has 0 aliphatic heterocycles. The highest BCUT2D eigenvalue weighted by Gasteiger charge is 2.14. The number of hydrogen-bond acceptors (Lipinski definition) is 6. The molecule has 0 radical (unpaired) electrons. The molecule has 5 aromatic rings. The molecule has 2 amide bonds. The van der Waals surface area contributed by atoms with E-state index in [4.69, 9.17) is 0 Å². The van der Waals surface area contributed by atoms with E-state index in [0.717, 1.165) is 32.4 Å². The minimum absolute atomic E-state index is 0.0285. The van der Waals surface area contributed by atoms with Gasteiger partial charge in [0.2, 0.25) is 5.91 Å². The van der Waals surface area contributed by atoms with Gasteiger partial charge in [-0.3, -0.25) is 19.7 Å². The first-order valence-corrected chi connectivity index (χ1v) is 12.1. The van der Waals surface area contributed by atoms with Crippen LogP contribution in [0.1, 0.15) is 20.8 Å². The van der Waals surface area contributed by atoms with Crippen LogP contribution in [0.4, 0.5) is 11.4 Å². The number of carbonyl (C=O) groups is 2. The van der Waals surface area contributed by atoms with Gasteiger partial charge in [0.05, 0.1) is 16.0 Å². The third-order valence-corrected chi connectivity index (χ3v) is 6.85. The zero-order valence-corrected chi connectivity index (χ0v) is 20.5. The van der Waals surface area contributed by atoms with Crippen molar-refractivity contribution in [2.75, 3.05) is 5.32 Å². The first-order valence-electron chi connectivity index (χ1n) is 11.3. The van der Waals surface area contributed by atoms with Gasteiger partial charge >= 0.3 is 0 Å². The number of non-ortho nitro benzene ring substituents is 1. The van der Waals surface area contributed by atoms with E-state index < -0.39 is 10.8 Å². The fraction of sp³-hybridized carbons (Fsp3) is 0.0741. The van der Waals surface area contributed by atoms with Crippen LogP contribution in [-0.2, 0) is 11.3 Å². The van der Waals surface area contributed by atoms with Gasteiger partial charge in [-0.1, -0.05) is 30.3 Å². The minimum Gasteiger partial charge on any atom is -0.337 e. The van der Waals surface area contributed by atoms with E-state index in [1.807, 2.05) is 66.2 Å². The van der Waals surface area contributed by atoms with Gasteiger partial charge in [0.25, 0.3) is 11.6 Å². The van der Waals surface area contributed by atoms with Gasteiger partial charge in [-0.25, -0.2) is 5.43 Å². The number of nitrogens with one attached hydrogen (secondary N) is 2. The van der Waals surface area contributed by atoms with Crippen LogP contribution in [0, 0.1) is 17.0 Å². The number of hydrogen-bond donors (Lipinski definition) is 2. The number of hydrazone groups is 1. The van der Waals surface area contributed by atoms with E-state index in [-0.39, 0.29) is 18.1 Å². The monoisotopic (exact) mass is 511 g/mol. The van der Waals surface area contributed by atoms with Crippen molar-refractivity contribution in [3.8, 4) is 0 Å². The van der Waals surface area contributed by atoms with E-state index in [2.05, 4.69) is 15.8 Å². The summed E-state index contributed by atoms with van der Waals surface area (Å²) in [6, 6.07) is 21.3. The molecule has 2 heterocycles. The summed E-state index contributed by atoms with van der Waals surface area (Å²) in [6.45, 7) is 2.08. The van der Waals surface area contributed by atoms with Gasteiger partial charge in [0, 0.05) is 50.6 Å². The van der Waals surface area contributed by atoms with E-state index in [1.165, 1.54) is 29.7 Å². The fourth-order valence-corrected chi connectivity index (χ4v) is 4.99. The highest BCUT2D eigenvalue weighted by atomic mass is 32.1. The highest BCUT2D eigenvalue weighted by Crippen LogP contribution is 2.29. The summed E-state index contributed by atoms with van der Waals surface area (Å²) in [5.41, 5.74) is 5.89. The van der Waals surface area contributed by atoms with Gasteiger partial charge < -0.3 is 9.88 Å². The Balaban J connectivity index is 1.31. The minimum atomic E-state index is -0.468. The number of benzene rings is 3. The molecular formula is C27H21N5O4S. The average Bonchev–Trinajstić information content (AvgIpc) is 3.45. The molecule has 0 aliphatic rings. The molecule has 0 unspecified atom stereocenters. The topological polar surface area (TPSA) is 119 Å². The number of nitro groups is 1. The summed E-state index contributed by atoms with van der Waals surface area (Å²) >= 11 is 1.23. The zero-order valence-electron chi connectivity index (χ0n) is 19.7. The normalized spacial score (nSPS) is 11.3. The smallest absolute Gasteiger partial charge is 0.281 e. The number of amides is 2. The zero-order chi connectivity index (χ0) is 25.9. The van der Waals surface area contributed by atoms with Crippen LogP contribution < -0.4 is 10.7 Å². The number of thiophene rings is 1.